The van der Waals surface area contributed by atoms with E-state index in [1.54, 1.807) is 24.3 Å². The predicted octanol–water partition coefficient (Wildman–Crippen LogP) is 2.40. The Hall–Kier alpha value is -1.92. The van der Waals surface area contributed by atoms with Crippen molar-refractivity contribution in [1.29, 1.82) is 0 Å². The van der Waals surface area contributed by atoms with Crippen molar-refractivity contribution >= 4 is 11.8 Å². The highest BCUT2D eigenvalue weighted by molar-refractivity contribution is 5.98. The normalized spacial score (nSPS) is 21.4. The number of ether oxygens (including phenoxy) is 1. The highest BCUT2D eigenvalue weighted by Crippen LogP contribution is 2.20. The number of likely N-dealkylation sites (tertiary alicyclic amines) is 1. The van der Waals surface area contributed by atoms with E-state index in [4.69, 9.17) is 4.74 Å². The maximum Gasteiger partial charge on any atom is 0.253 e. The molecule has 1 unspecified atom stereocenters. The Labute approximate surface area is 168 Å². The first-order valence-corrected chi connectivity index (χ1v) is 10.3. The molecule has 6 nitrogen and oxygen atoms in total. The first kappa shape index (κ1) is 20.8. The van der Waals surface area contributed by atoms with Gasteiger partial charge in [0.25, 0.3) is 11.8 Å². The van der Waals surface area contributed by atoms with Crippen molar-refractivity contribution in [3.05, 3.63) is 35.4 Å². The van der Waals surface area contributed by atoms with E-state index >= 15 is 0 Å². The van der Waals surface area contributed by atoms with Crippen LogP contribution >= 0.6 is 0 Å². The molecule has 2 aliphatic rings. The number of hydrogen-bond acceptors (Lipinski definition) is 4. The average molecular weight is 388 g/mol. The standard InChI is InChI=1S/C22H33N3O3/c1-22(2,3)23-20(26)18-6-8-19(9-7-18)21(27)25-10-4-5-17(16-25)15-24-11-13-28-14-12-24/h6-9,17H,4-5,10-16H2,1-3H3,(H,23,26). The summed E-state index contributed by atoms with van der Waals surface area (Å²) in [5, 5.41) is 2.94. The van der Waals surface area contributed by atoms with E-state index < -0.39 is 0 Å². The van der Waals surface area contributed by atoms with Crippen LogP contribution < -0.4 is 5.32 Å². The Kier molecular flexibility index (Phi) is 6.73. The molecule has 1 aromatic carbocycles. The second-order valence-corrected chi connectivity index (χ2v) is 8.95. The van der Waals surface area contributed by atoms with Gasteiger partial charge in [0.05, 0.1) is 13.2 Å². The van der Waals surface area contributed by atoms with Crippen LogP contribution in [0.3, 0.4) is 0 Å². The molecule has 2 aliphatic heterocycles. The first-order valence-electron chi connectivity index (χ1n) is 10.3. The first-order chi connectivity index (χ1) is 13.3. The topological polar surface area (TPSA) is 61.9 Å². The summed E-state index contributed by atoms with van der Waals surface area (Å²) >= 11 is 0. The second kappa shape index (κ2) is 9.05. The minimum atomic E-state index is -0.283. The van der Waals surface area contributed by atoms with Gasteiger partial charge in [-0.3, -0.25) is 14.5 Å². The molecular weight excluding hydrogens is 354 g/mol. The van der Waals surface area contributed by atoms with Crippen molar-refractivity contribution in [2.75, 3.05) is 45.9 Å². The molecule has 28 heavy (non-hydrogen) atoms. The van der Waals surface area contributed by atoms with Crippen LogP contribution in [0.25, 0.3) is 0 Å². The summed E-state index contributed by atoms with van der Waals surface area (Å²) in [5.74, 6) is 0.470. The number of hydrogen-bond donors (Lipinski definition) is 1. The zero-order valence-electron chi connectivity index (χ0n) is 17.4. The molecule has 0 saturated carbocycles. The van der Waals surface area contributed by atoms with Gasteiger partial charge >= 0.3 is 0 Å². The number of carbonyl (C=O) groups is 2. The fraction of sp³-hybridized carbons (Fsp3) is 0.636. The highest BCUT2D eigenvalue weighted by atomic mass is 16.5. The van der Waals surface area contributed by atoms with E-state index in [1.807, 2.05) is 25.7 Å². The molecule has 0 aliphatic carbocycles. The second-order valence-electron chi connectivity index (χ2n) is 8.95. The minimum Gasteiger partial charge on any atom is -0.379 e. The van der Waals surface area contributed by atoms with Crippen LogP contribution in [0.1, 0.15) is 54.3 Å². The molecule has 2 amide bonds. The lowest BCUT2D eigenvalue weighted by molar-refractivity contribution is 0.0224. The Morgan fingerprint density at radius 3 is 2.36 bits per heavy atom. The number of benzene rings is 1. The van der Waals surface area contributed by atoms with Gasteiger partial charge in [-0.25, -0.2) is 0 Å². The highest BCUT2D eigenvalue weighted by Gasteiger charge is 2.26. The van der Waals surface area contributed by atoms with E-state index in [0.717, 1.165) is 52.4 Å². The Bertz CT molecular complexity index is 675. The number of carbonyl (C=O) groups excluding carboxylic acids is 2. The number of nitrogens with one attached hydrogen (secondary N) is 1. The summed E-state index contributed by atoms with van der Waals surface area (Å²) in [4.78, 5) is 29.6. The summed E-state index contributed by atoms with van der Waals surface area (Å²) in [6.07, 6.45) is 2.22. The van der Waals surface area contributed by atoms with Crippen LogP contribution in [0.2, 0.25) is 0 Å². The summed E-state index contributed by atoms with van der Waals surface area (Å²) in [6.45, 7) is 12.1. The van der Waals surface area contributed by atoms with Crippen molar-refractivity contribution in [3.63, 3.8) is 0 Å². The fourth-order valence-electron chi connectivity index (χ4n) is 3.91. The van der Waals surface area contributed by atoms with Crippen LogP contribution in [0.4, 0.5) is 0 Å². The van der Waals surface area contributed by atoms with Gasteiger partial charge in [0, 0.05) is 49.4 Å². The number of rotatable bonds is 4. The lowest BCUT2D eigenvalue weighted by Crippen LogP contribution is -2.46. The maximum atomic E-state index is 12.9. The van der Waals surface area contributed by atoms with E-state index in [1.165, 1.54) is 6.42 Å². The van der Waals surface area contributed by atoms with E-state index in [9.17, 15) is 9.59 Å². The average Bonchev–Trinajstić information content (AvgIpc) is 2.67. The lowest BCUT2D eigenvalue weighted by Gasteiger charge is -2.36. The third-order valence-corrected chi connectivity index (χ3v) is 5.31. The molecule has 0 aromatic heterocycles. The lowest BCUT2D eigenvalue weighted by atomic mass is 9.96. The summed E-state index contributed by atoms with van der Waals surface area (Å²) < 4.78 is 5.42. The van der Waals surface area contributed by atoms with E-state index in [-0.39, 0.29) is 17.4 Å². The summed E-state index contributed by atoms with van der Waals surface area (Å²) in [6, 6.07) is 7.02. The van der Waals surface area contributed by atoms with Crippen LogP contribution in [0.5, 0.6) is 0 Å². The van der Waals surface area contributed by atoms with Gasteiger partial charge in [-0.15, -0.1) is 0 Å². The molecular formula is C22H33N3O3. The Morgan fingerprint density at radius 2 is 1.71 bits per heavy atom. The molecule has 2 saturated heterocycles. The van der Waals surface area contributed by atoms with Crippen molar-refractivity contribution in [3.8, 4) is 0 Å². The molecule has 0 spiro atoms. The largest absolute Gasteiger partial charge is 0.379 e. The van der Waals surface area contributed by atoms with Crippen molar-refractivity contribution in [2.45, 2.75) is 39.2 Å². The van der Waals surface area contributed by atoms with Crippen LogP contribution in [0, 0.1) is 5.92 Å². The monoisotopic (exact) mass is 387 g/mol. The number of piperidine rings is 1. The van der Waals surface area contributed by atoms with Gasteiger partial charge in [-0.05, 0) is 63.8 Å². The fourth-order valence-corrected chi connectivity index (χ4v) is 3.91. The molecule has 3 rings (SSSR count). The van der Waals surface area contributed by atoms with Gasteiger partial charge < -0.3 is 15.0 Å². The van der Waals surface area contributed by atoms with Gasteiger partial charge in [0.2, 0.25) is 0 Å². The molecule has 1 atom stereocenters. The van der Waals surface area contributed by atoms with Crippen molar-refractivity contribution < 1.29 is 14.3 Å². The number of nitrogens with zero attached hydrogens (tertiary/aromatic N) is 2. The van der Waals surface area contributed by atoms with E-state index in [2.05, 4.69) is 10.2 Å². The third-order valence-electron chi connectivity index (χ3n) is 5.31. The minimum absolute atomic E-state index is 0.0643. The summed E-state index contributed by atoms with van der Waals surface area (Å²) in [5.41, 5.74) is 0.948. The zero-order chi connectivity index (χ0) is 20.1. The van der Waals surface area contributed by atoms with Gasteiger partial charge in [-0.2, -0.15) is 0 Å². The van der Waals surface area contributed by atoms with Crippen LogP contribution in [0.15, 0.2) is 24.3 Å². The molecule has 2 heterocycles. The molecule has 154 valence electrons. The SMILES string of the molecule is CC(C)(C)NC(=O)c1ccc(C(=O)N2CCCC(CN3CCOCC3)C2)cc1. The molecule has 0 radical (unpaired) electrons. The van der Waals surface area contributed by atoms with Gasteiger partial charge in [-0.1, -0.05) is 0 Å². The Morgan fingerprint density at radius 1 is 1.07 bits per heavy atom. The third kappa shape index (κ3) is 5.79. The number of amides is 2. The van der Waals surface area contributed by atoms with Crippen molar-refractivity contribution in [1.82, 2.24) is 15.1 Å². The predicted molar refractivity (Wildman–Crippen MR) is 110 cm³/mol. The summed E-state index contributed by atoms with van der Waals surface area (Å²) in [7, 11) is 0. The maximum absolute atomic E-state index is 12.9. The number of morpholine rings is 1. The Balaban J connectivity index is 1.57. The quantitative estimate of drug-likeness (QED) is 0.862. The molecule has 1 N–H and O–H groups in total. The molecule has 2 fully saturated rings. The molecule has 6 heteroatoms. The van der Waals surface area contributed by atoms with E-state index in [0.29, 0.717) is 17.0 Å². The smallest absolute Gasteiger partial charge is 0.253 e. The van der Waals surface area contributed by atoms with Crippen LogP contribution in [-0.2, 0) is 4.74 Å². The molecule has 1 aromatic rings. The van der Waals surface area contributed by atoms with Crippen molar-refractivity contribution in [2.24, 2.45) is 5.92 Å². The van der Waals surface area contributed by atoms with Crippen LogP contribution in [-0.4, -0.2) is 73.1 Å². The molecule has 0 bridgehead atoms. The van der Waals surface area contributed by atoms with Gasteiger partial charge in [0.15, 0.2) is 0 Å². The van der Waals surface area contributed by atoms with Gasteiger partial charge in [0.1, 0.15) is 0 Å². The zero-order valence-corrected chi connectivity index (χ0v) is 17.4.